The summed E-state index contributed by atoms with van der Waals surface area (Å²) in [6.45, 7) is 0.147. The zero-order valence-electron chi connectivity index (χ0n) is 16.3. The number of halogens is 1. The number of carbonyl (C=O) groups is 2. The van der Waals surface area contributed by atoms with Gasteiger partial charge in [-0.15, -0.1) is 11.8 Å². The maximum absolute atomic E-state index is 13.4. The van der Waals surface area contributed by atoms with Crippen LogP contribution < -0.4 is 10.8 Å². The van der Waals surface area contributed by atoms with E-state index in [0.717, 1.165) is 28.3 Å². The van der Waals surface area contributed by atoms with Crippen LogP contribution in [0.25, 0.3) is 16.0 Å². The van der Waals surface area contributed by atoms with Crippen molar-refractivity contribution in [2.75, 3.05) is 5.75 Å². The SMILES string of the molecule is O=C(NO)c1ccc(CNC(=O)c2[nH]c(C3=CCCS3)cc2-c2ccc(F)cc2)nc1. The highest BCUT2D eigenvalue weighted by Crippen LogP contribution is 2.36. The number of H-pyrrole nitrogens is 1. The largest absolute Gasteiger partial charge is 0.350 e. The molecule has 158 valence electrons. The second-order valence-corrected chi connectivity index (χ2v) is 7.98. The molecule has 2 amide bonds. The normalized spacial score (nSPS) is 13.0. The molecule has 0 saturated carbocycles. The molecule has 3 aromatic rings. The lowest BCUT2D eigenvalue weighted by molar-refractivity contribution is 0.0705. The van der Waals surface area contributed by atoms with Crippen LogP contribution in [0.5, 0.6) is 0 Å². The van der Waals surface area contributed by atoms with Gasteiger partial charge in [-0.3, -0.25) is 19.8 Å². The number of hydrogen-bond acceptors (Lipinski definition) is 5. The second kappa shape index (κ2) is 9.15. The molecule has 0 radical (unpaired) electrons. The number of amides is 2. The fourth-order valence-corrected chi connectivity index (χ4v) is 4.17. The minimum atomic E-state index is -0.662. The minimum absolute atomic E-state index is 0.147. The molecule has 0 aliphatic carbocycles. The summed E-state index contributed by atoms with van der Waals surface area (Å²) in [5, 5.41) is 11.5. The second-order valence-electron chi connectivity index (χ2n) is 6.85. The number of allylic oxidation sites excluding steroid dienone is 1. The van der Waals surface area contributed by atoms with Gasteiger partial charge in [-0.2, -0.15) is 0 Å². The molecular weight excluding hydrogens is 419 g/mol. The van der Waals surface area contributed by atoms with Gasteiger partial charge in [0.1, 0.15) is 11.5 Å². The van der Waals surface area contributed by atoms with Crippen LogP contribution in [-0.4, -0.2) is 32.7 Å². The highest BCUT2D eigenvalue weighted by Gasteiger charge is 2.20. The summed E-state index contributed by atoms with van der Waals surface area (Å²) in [6.07, 6.45) is 4.41. The van der Waals surface area contributed by atoms with E-state index in [2.05, 4.69) is 21.4 Å². The maximum Gasteiger partial charge on any atom is 0.276 e. The summed E-state index contributed by atoms with van der Waals surface area (Å²) in [5.41, 5.74) is 4.94. The Balaban J connectivity index is 1.56. The highest BCUT2D eigenvalue weighted by atomic mass is 32.2. The van der Waals surface area contributed by atoms with E-state index < -0.39 is 5.91 Å². The Morgan fingerprint density at radius 3 is 2.61 bits per heavy atom. The monoisotopic (exact) mass is 438 g/mol. The predicted molar refractivity (Wildman–Crippen MR) is 116 cm³/mol. The van der Waals surface area contributed by atoms with Gasteiger partial charge in [0, 0.05) is 22.4 Å². The van der Waals surface area contributed by atoms with Gasteiger partial charge in [-0.05, 0) is 42.3 Å². The Morgan fingerprint density at radius 2 is 1.97 bits per heavy atom. The third kappa shape index (κ3) is 4.68. The number of carbonyl (C=O) groups excluding carboxylic acids is 2. The number of aromatic nitrogens is 2. The van der Waals surface area contributed by atoms with Crippen molar-refractivity contribution >= 4 is 28.5 Å². The summed E-state index contributed by atoms with van der Waals surface area (Å²) in [7, 11) is 0. The van der Waals surface area contributed by atoms with Crippen LogP contribution in [0.15, 0.2) is 54.7 Å². The van der Waals surface area contributed by atoms with Crippen molar-refractivity contribution < 1.29 is 19.2 Å². The molecule has 4 N–H and O–H groups in total. The van der Waals surface area contributed by atoms with Crippen LogP contribution >= 0.6 is 11.8 Å². The average molecular weight is 438 g/mol. The van der Waals surface area contributed by atoms with Gasteiger partial charge in [0.15, 0.2) is 0 Å². The molecule has 0 spiro atoms. The summed E-state index contributed by atoms with van der Waals surface area (Å²) in [4.78, 5) is 32.8. The first-order valence-electron chi connectivity index (χ1n) is 9.55. The van der Waals surface area contributed by atoms with E-state index in [0.29, 0.717) is 17.0 Å². The van der Waals surface area contributed by atoms with E-state index >= 15 is 0 Å². The van der Waals surface area contributed by atoms with Crippen molar-refractivity contribution in [3.63, 3.8) is 0 Å². The number of nitrogens with zero attached hydrogens (tertiary/aromatic N) is 1. The first kappa shape index (κ1) is 20.8. The summed E-state index contributed by atoms with van der Waals surface area (Å²) >= 11 is 1.72. The molecule has 1 aliphatic rings. The lowest BCUT2D eigenvalue weighted by Crippen LogP contribution is -2.24. The zero-order valence-corrected chi connectivity index (χ0v) is 17.1. The van der Waals surface area contributed by atoms with Crippen LogP contribution in [0.3, 0.4) is 0 Å². The molecular formula is C22H19FN4O3S. The number of hydroxylamine groups is 1. The van der Waals surface area contributed by atoms with Crippen molar-refractivity contribution in [1.82, 2.24) is 20.8 Å². The molecule has 31 heavy (non-hydrogen) atoms. The van der Waals surface area contributed by atoms with E-state index in [1.807, 2.05) is 6.07 Å². The molecule has 1 aromatic carbocycles. The first-order valence-corrected chi connectivity index (χ1v) is 10.5. The fourth-order valence-electron chi connectivity index (χ4n) is 3.22. The van der Waals surface area contributed by atoms with Gasteiger partial charge in [0.25, 0.3) is 11.8 Å². The Kier molecular flexibility index (Phi) is 6.15. The number of benzene rings is 1. The van der Waals surface area contributed by atoms with Crippen molar-refractivity contribution in [3.8, 4) is 11.1 Å². The smallest absolute Gasteiger partial charge is 0.276 e. The van der Waals surface area contributed by atoms with Crippen LogP contribution in [0.2, 0.25) is 0 Å². The molecule has 0 bridgehead atoms. The molecule has 0 saturated heterocycles. The Hall–Kier alpha value is -3.43. The molecule has 7 nitrogen and oxygen atoms in total. The number of thioether (sulfide) groups is 1. The number of aromatic amines is 1. The Labute approximate surface area is 181 Å². The van der Waals surface area contributed by atoms with Gasteiger partial charge in [-0.1, -0.05) is 18.2 Å². The summed E-state index contributed by atoms with van der Waals surface area (Å²) in [6, 6.07) is 11.0. The van der Waals surface area contributed by atoms with E-state index in [-0.39, 0.29) is 23.8 Å². The van der Waals surface area contributed by atoms with Crippen LogP contribution in [0, 0.1) is 5.82 Å². The fraction of sp³-hybridized carbons (Fsp3) is 0.136. The summed E-state index contributed by atoms with van der Waals surface area (Å²) < 4.78 is 13.4. The third-order valence-electron chi connectivity index (χ3n) is 4.79. The average Bonchev–Trinajstić information content (AvgIpc) is 3.48. The van der Waals surface area contributed by atoms with Gasteiger partial charge in [-0.25, -0.2) is 9.87 Å². The number of pyridine rings is 1. The van der Waals surface area contributed by atoms with Gasteiger partial charge < -0.3 is 10.3 Å². The number of nitrogens with one attached hydrogen (secondary N) is 3. The zero-order chi connectivity index (χ0) is 21.8. The van der Waals surface area contributed by atoms with Crippen molar-refractivity contribution in [3.05, 3.63) is 83.2 Å². The molecule has 0 fully saturated rings. The van der Waals surface area contributed by atoms with Crippen molar-refractivity contribution in [2.45, 2.75) is 13.0 Å². The van der Waals surface area contributed by atoms with Crippen molar-refractivity contribution in [2.24, 2.45) is 0 Å². The molecule has 3 heterocycles. The van der Waals surface area contributed by atoms with E-state index in [1.165, 1.54) is 24.4 Å². The van der Waals surface area contributed by atoms with Gasteiger partial charge in [0.05, 0.1) is 23.5 Å². The maximum atomic E-state index is 13.4. The molecule has 2 aromatic heterocycles. The standard InChI is InChI=1S/C22H19FN4O3S/c23-15-6-3-13(4-7-15)17-10-18(19-2-1-9-31-19)26-20(17)22(29)25-12-16-8-5-14(11-24-16)21(28)27-30/h2-8,10-11,26,30H,1,9,12H2,(H,25,29)(H,27,28). The first-order chi connectivity index (χ1) is 15.0. The number of rotatable bonds is 6. The Bertz CT molecular complexity index is 1140. The molecule has 0 atom stereocenters. The minimum Gasteiger partial charge on any atom is -0.350 e. The van der Waals surface area contributed by atoms with E-state index in [9.17, 15) is 14.0 Å². The van der Waals surface area contributed by atoms with E-state index in [4.69, 9.17) is 5.21 Å². The lowest BCUT2D eigenvalue weighted by atomic mass is 10.1. The molecule has 9 heteroatoms. The van der Waals surface area contributed by atoms with Crippen molar-refractivity contribution in [1.29, 1.82) is 0 Å². The van der Waals surface area contributed by atoms with Crippen LogP contribution in [0.4, 0.5) is 4.39 Å². The predicted octanol–water partition coefficient (Wildman–Crippen LogP) is 3.74. The van der Waals surface area contributed by atoms with Crippen LogP contribution in [-0.2, 0) is 6.54 Å². The quantitative estimate of drug-likeness (QED) is 0.346. The summed E-state index contributed by atoms with van der Waals surface area (Å²) in [5.74, 6) is -0.334. The topological polar surface area (TPSA) is 107 Å². The van der Waals surface area contributed by atoms with Crippen LogP contribution in [0.1, 0.15) is 38.7 Å². The van der Waals surface area contributed by atoms with E-state index in [1.54, 1.807) is 35.4 Å². The highest BCUT2D eigenvalue weighted by molar-refractivity contribution is 8.08. The Morgan fingerprint density at radius 1 is 1.16 bits per heavy atom. The third-order valence-corrected chi connectivity index (χ3v) is 5.93. The number of hydrogen-bond donors (Lipinski definition) is 4. The lowest BCUT2D eigenvalue weighted by Gasteiger charge is -2.07. The van der Waals surface area contributed by atoms with Gasteiger partial charge >= 0.3 is 0 Å². The molecule has 1 aliphatic heterocycles. The van der Waals surface area contributed by atoms with Gasteiger partial charge in [0.2, 0.25) is 0 Å². The molecule has 0 unspecified atom stereocenters. The molecule has 4 rings (SSSR count).